The number of piperidine rings is 1. The summed E-state index contributed by atoms with van der Waals surface area (Å²) >= 11 is 0. The molecule has 5 heteroatoms. The molecule has 24 heavy (non-hydrogen) atoms. The van der Waals surface area contributed by atoms with Gasteiger partial charge in [-0.2, -0.15) is 9.59 Å². The van der Waals surface area contributed by atoms with Crippen molar-refractivity contribution in [1.29, 1.82) is 0 Å². The van der Waals surface area contributed by atoms with Gasteiger partial charge in [0.1, 0.15) is 0 Å². The van der Waals surface area contributed by atoms with Gasteiger partial charge in [-0.3, -0.25) is 0 Å². The molecule has 2 N–H and O–H groups in total. The lowest BCUT2D eigenvalue weighted by Crippen LogP contribution is -2.34. The molecule has 2 aliphatic heterocycles. The molecule has 0 spiro atoms. The van der Waals surface area contributed by atoms with Crippen molar-refractivity contribution in [2.24, 2.45) is 5.92 Å². The summed E-state index contributed by atoms with van der Waals surface area (Å²) in [5, 5.41) is 0. The second-order valence-electron chi connectivity index (χ2n) is 7.20. The summed E-state index contributed by atoms with van der Waals surface area (Å²) in [6.07, 6.45) is 5.00. The molecule has 0 aromatic heterocycles. The summed E-state index contributed by atoms with van der Waals surface area (Å²) in [6, 6.07) is 6.66. The molecule has 0 radical (unpaired) electrons. The van der Waals surface area contributed by atoms with Gasteiger partial charge in [-0.25, -0.2) is 0 Å². The maximum Gasteiger partial charge on any atom is 0.373 e. The van der Waals surface area contributed by atoms with Crippen molar-refractivity contribution in [3.8, 4) is 0 Å². The molecule has 132 valence electrons. The number of carbonyl (C=O) groups excluding carboxylic acids is 2. The average molecular weight is 332 g/mol. The molecule has 2 saturated heterocycles. The summed E-state index contributed by atoms with van der Waals surface area (Å²) in [5.41, 5.74) is 10.1. The predicted octanol–water partition coefficient (Wildman–Crippen LogP) is 2.99. The van der Waals surface area contributed by atoms with Gasteiger partial charge in [-0.1, -0.05) is 19.9 Å². The van der Waals surface area contributed by atoms with E-state index in [4.69, 9.17) is 20.1 Å². The first kappa shape index (κ1) is 18.5. The highest BCUT2D eigenvalue weighted by Crippen LogP contribution is 2.38. The van der Waals surface area contributed by atoms with Crippen LogP contribution in [0.25, 0.3) is 0 Å². The molecule has 2 aliphatic rings. The zero-order chi connectivity index (χ0) is 17.6. The molecule has 1 aromatic carbocycles. The topological polar surface area (TPSA) is 72.6 Å². The van der Waals surface area contributed by atoms with Gasteiger partial charge in [0.25, 0.3) is 0 Å². The van der Waals surface area contributed by atoms with E-state index < -0.39 is 0 Å². The Morgan fingerprint density at radius 2 is 1.79 bits per heavy atom. The van der Waals surface area contributed by atoms with E-state index in [1.807, 2.05) is 0 Å². The second-order valence-corrected chi connectivity index (χ2v) is 7.20. The van der Waals surface area contributed by atoms with E-state index in [0.29, 0.717) is 0 Å². The standard InChI is InChI=1S/C18H28N2O.CO2/c1-14-5-9-20(10-6-14)17-13-15(3-4-16(17)19)18(2)7-11-21-12-8-18;2-1-3/h3-4,13-14H,5-12,19H2,1-2H3;. The second kappa shape index (κ2) is 8.32. The summed E-state index contributed by atoms with van der Waals surface area (Å²) in [5.74, 6) is 0.846. The first-order chi connectivity index (χ1) is 11.5. The molecule has 0 atom stereocenters. The molecule has 0 unspecified atom stereocenters. The fourth-order valence-electron chi connectivity index (χ4n) is 3.55. The zero-order valence-electron chi connectivity index (χ0n) is 14.7. The Hall–Kier alpha value is -1.84. The van der Waals surface area contributed by atoms with Crippen molar-refractivity contribution < 1.29 is 14.3 Å². The third kappa shape index (κ3) is 4.37. The fourth-order valence-corrected chi connectivity index (χ4v) is 3.55. The minimum Gasteiger partial charge on any atom is -0.397 e. The number of rotatable bonds is 2. The molecule has 5 nitrogen and oxygen atoms in total. The monoisotopic (exact) mass is 332 g/mol. The number of nitrogen functional groups attached to an aromatic ring is 1. The zero-order valence-corrected chi connectivity index (χ0v) is 14.7. The molecule has 3 rings (SSSR count). The van der Waals surface area contributed by atoms with E-state index in [0.717, 1.165) is 50.8 Å². The highest BCUT2D eigenvalue weighted by molar-refractivity contribution is 5.69. The van der Waals surface area contributed by atoms with Crippen LogP contribution in [0.3, 0.4) is 0 Å². The minimum absolute atomic E-state index is 0.240. The van der Waals surface area contributed by atoms with E-state index in [1.165, 1.54) is 24.1 Å². The summed E-state index contributed by atoms with van der Waals surface area (Å²) in [4.78, 5) is 18.7. The molecule has 0 saturated carbocycles. The van der Waals surface area contributed by atoms with Crippen LogP contribution in [0.4, 0.5) is 11.4 Å². The first-order valence-electron chi connectivity index (χ1n) is 8.72. The number of anilines is 2. The Labute approximate surface area is 144 Å². The van der Waals surface area contributed by atoms with Gasteiger partial charge in [0, 0.05) is 26.3 Å². The van der Waals surface area contributed by atoms with Crippen LogP contribution in [0.15, 0.2) is 18.2 Å². The molecule has 2 heterocycles. The molecular weight excluding hydrogens is 304 g/mol. The molecule has 0 aliphatic carbocycles. The predicted molar refractivity (Wildman–Crippen MR) is 93.9 cm³/mol. The lowest BCUT2D eigenvalue weighted by Gasteiger charge is -2.37. The van der Waals surface area contributed by atoms with Gasteiger partial charge >= 0.3 is 6.15 Å². The van der Waals surface area contributed by atoms with Crippen LogP contribution < -0.4 is 10.6 Å². The van der Waals surface area contributed by atoms with E-state index in [1.54, 1.807) is 0 Å². The summed E-state index contributed by atoms with van der Waals surface area (Å²) < 4.78 is 5.53. The van der Waals surface area contributed by atoms with Gasteiger partial charge in [0.05, 0.1) is 11.4 Å². The van der Waals surface area contributed by atoms with Crippen molar-refractivity contribution in [3.05, 3.63) is 23.8 Å². The third-order valence-electron chi connectivity index (χ3n) is 5.45. The van der Waals surface area contributed by atoms with Gasteiger partial charge in [-0.05, 0) is 54.7 Å². The fraction of sp³-hybridized carbons (Fsp3) is 0.632. The Kier molecular flexibility index (Phi) is 6.41. The summed E-state index contributed by atoms with van der Waals surface area (Å²) in [7, 11) is 0. The van der Waals surface area contributed by atoms with Crippen molar-refractivity contribution >= 4 is 17.5 Å². The smallest absolute Gasteiger partial charge is 0.373 e. The van der Waals surface area contributed by atoms with Crippen molar-refractivity contribution in [1.82, 2.24) is 0 Å². The van der Waals surface area contributed by atoms with Crippen LogP contribution in [-0.2, 0) is 19.7 Å². The Morgan fingerprint density at radius 3 is 2.38 bits per heavy atom. The van der Waals surface area contributed by atoms with Gasteiger partial charge < -0.3 is 15.4 Å². The van der Waals surface area contributed by atoms with Crippen molar-refractivity contribution in [3.63, 3.8) is 0 Å². The SMILES string of the molecule is CC1CCN(c2cc(C3(C)CCOCC3)ccc2N)CC1.O=C=O. The van der Waals surface area contributed by atoms with Crippen LogP contribution in [0.5, 0.6) is 0 Å². The van der Waals surface area contributed by atoms with Crippen LogP contribution in [0.1, 0.15) is 45.1 Å². The van der Waals surface area contributed by atoms with E-state index in [2.05, 4.69) is 36.9 Å². The molecule has 2 fully saturated rings. The van der Waals surface area contributed by atoms with Gasteiger partial charge in [0.15, 0.2) is 0 Å². The Morgan fingerprint density at radius 1 is 1.21 bits per heavy atom. The van der Waals surface area contributed by atoms with E-state index in [-0.39, 0.29) is 11.6 Å². The first-order valence-corrected chi connectivity index (χ1v) is 8.72. The van der Waals surface area contributed by atoms with E-state index >= 15 is 0 Å². The number of benzene rings is 1. The largest absolute Gasteiger partial charge is 0.397 e. The molecular formula is C19H28N2O3. The van der Waals surface area contributed by atoms with Crippen molar-refractivity contribution in [2.75, 3.05) is 36.9 Å². The van der Waals surface area contributed by atoms with E-state index in [9.17, 15) is 0 Å². The number of nitrogens with two attached hydrogens (primary N) is 1. The summed E-state index contributed by atoms with van der Waals surface area (Å²) in [6.45, 7) is 8.72. The number of ether oxygens (including phenoxy) is 1. The highest BCUT2D eigenvalue weighted by Gasteiger charge is 2.30. The third-order valence-corrected chi connectivity index (χ3v) is 5.45. The normalized spacial score (nSPS) is 20.7. The molecule has 1 aromatic rings. The van der Waals surface area contributed by atoms with Gasteiger partial charge in [0.2, 0.25) is 0 Å². The van der Waals surface area contributed by atoms with Crippen LogP contribution in [0.2, 0.25) is 0 Å². The van der Waals surface area contributed by atoms with Crippen LogP contribution >= 0.6 is 0 Å². The number of hydrogen-bond donors (Lipinski definition) is 1. The van der Waals surface area contributed by atoms with Gasteiger partial charge in [-0.15, -0.1) is 0 Å². The van der Waals surface area contributed by atoms with Crippen molar-refractivity contribution in [2.45, 2.75) is 44.9 Å². The number of hydrogen-bond acceptors (Lipinski definition) is 5. The number of nitrogens with zero attached hydrogens (tertiary/aromatic N) is 1. The lowest BCUT2D eigenvalue weighted by atomic mass is 9.76. The highest BCUT2D eigenvalue weighted by atomic mass is 16.5. The molecule has 0 bridgehead atoms. The minimum atomic E-state index is 0.240. The van der Waals surface area contributed by atoms with Crippen LogP contribution in [-0.4, -0.2) is 32.5 Å². The Bertz CT molecular complexity index is 568. The Balaban J connectivity index is 0.000000647. The molecule has 0 amide bonds. The average Bonchev–Trinajstić information content (AvgIpc) is 2.57. The maximum absolute atomic E-state index is 8.12. The van der Waals surface area contributed by atoms with Crippen LogP contribution in [0, 0.1) is 5.92 Å². The quantitative estimate of drug-likeness (QED) is 0.843. The maximum atomic E-state index is 8.12. The lowest BCUT2D eigenvalue weighted by molar-refractivity contribution is -0.191.